The Kier molecular flexibility index (Phi) is 6.84. The summed E-state index contributed by atoms with van der Waals surface area (Å²) in [7, 11) is 0. The van der Waals surface area contributed by atoms with Gasteiger partial charge in [-0.05, 0) is 38.5 Å². The maximum atomic E-state index is 11.9. The van der Waals surface area contributed by atoms with Crippen molar-refractivity contribution in [3.8, 4) is 0 Å². The van der Waals surface area contributed by atoms with Crippen LogP contribution in [0.4, 0.5) is 5.69 Å². The Morgan fingerprint density at radius 2 is 2.05 bits per heavy atom. The molecule has 0 heterocycles. The summed E-state index contributed by atoms with van der Waals surface area (Å²) < 4.78 is 10.4. The van der Waals surface area contributed by atoms with E-state index in [9.17, 15) is 9.59 Å². The number of carboxylic acids is 1. The molecule has 0 radical (unpaired) electrons. The van der Waals surface area contributed by atoms with Gasteiger partial charge in [-0.3, -0.25) is 4.79 Å². The third-order valence-electron chi connectivity index (χ3n) is 2.90. The summed E-state index contributed by atoms with van der Waals surface area (Å²) in [6.45, 7) is 6.58. The van der Waals surface area contributed by atoms with E-state index in [4.69, 9.17) is 14.6 Å². The molecule has 0 spiro atoms. The predicted octanol–water partition coefficient (Wildman–Crippen LogP) is 2.07. The van der Waals surface area contributed by atoms with E-state index in [1.807, 2.05) is 6.92 Å². The summed E-state index contributed by atoms with van der Waals surface area (Å²) in [6.07, 6.45) is -0.639. The Morgan fingerprint density at radius 3 is 2.67 bits per heavy atom. The quantitative estimate of drug-likeness (QED) is 0.717. The first kappa shape index (κ1) is 17.1. The van der Waals surface area contributed by atoms with Crippen molar-refractivity contribution in [1.29, 1.82) is 0 Å². The van der Waals surface area contributed by atoms with E-state index in [2.05, 4.69) is 5.32 Å². The zero-order chi connectivity index (χ0) is 15.8. The summed E-state index contributed by atoms with van der Waals surface area (Å²) >= 11 is 0. The minimum Gasteiger partial charge on any atom is -0.478 e. The van der Waals surface area contributed by atoms with Crippen molar-refractivity contribution in [3.63, 3.8) is 0 Å². The van der Waals surface area contributed by atoms with E-state index in [0.717, 1.165) is 0 Å². The van der Waals surface area contributed by atoms with Gasteiger partial charge in [0.25, 0.3) is 5.91 Å². The topological polar surface area (TPSA) is 84.9 Å². The zero-order valence-electron chi connectivity index (χ0n) is 12.5. The van der Waals surface area contributed by atoms with Crippen LogP contribution in [-0.4, -0.2) is 42.9 Å². The Bertz CT molecular complexity index is 501. The van der Waals surface area contributed by atoms with Gasteiger partial charge in [0.05, 0.1) is 18.8 Å². The number of carbonyl (C=O) groups excluding carboxylic acids is 1. The Morgan fingerprint density at radius 1 is 1.33 bits per heavy atom. The molecule has 1 aromatic rings. The molecular formula is C15H21NO5. The molecule has 116 valence electrons. The van der Waals surface area contributed by atoms with Gasteiger partial charge in [-0.1, -0.05) is 6.07 Å². The summed E-state index contributed by atoms with van der Waals surface area (Å²) in [5.41, 5.74) is 1.24. The van der Waals surface area contributed by atoms with Crippen LogP contribution in [0.5, 0.6) is 0 Å². The second-order valence-corrected chi connectivity index (χ2v) is 4.53. The lowest BCUT2D eigenvalue weighted by Crippen LogP contribution is -2.29. The molecule has 0 aliphatic heterocycles. The van der Waals surface area contributed by atoms with Crippen molar-refractivity contribution >= 4 is 17.6 Å². The third kappa shape index (κ3) is 5.53. The lowest BCUT2D eigenvalue weighted by molar-refractivity contribution is -0.127. The van der Waals surface area contributed by atoms with Crippen molar-refractivity contribution in [2.24, 2.45) is 0 Å². The van der Waals surface area contributed by atoms with Crippen molar-refractivity contribution in [2.75, 3.05) is 25.1 Å². The molecule has 0 saturated heterocycles. The molecule has 21 heavy (non-hydrogen) atoms. The Labute approximate surface area is 124 Å². The Balaban J connectivity index is 2.58. The predicted molar refractivity (Wildman–Crippen MR) is 78.7 cm³/mol. The van der Waals surface area contributed by atoms with E-state index in [-0.39, 0.29) is 11.5 Å². The number of aryl methyl sites for hydroxylation is 1. The molecular weight excluding hydrogens is 274 g/mol. The van der Waals surface area contributed by atoms with E-state index >= 15 is 0 Å². The number of aromatic carboxylic acids is 1. The fourth-order valence-electron chi connectivity index (χ4n) is 1.68. The van der Waals surface area contributed by atoms with Gasteiger partial charge in [-0.15, -0.1) is 0 Å². The van der Waals surface area contributed by atoms with Gasteiger partial charge >= 0.3 is 5.97 Å². The average Bonchev–Trinajstić information content (AvgIpc) is 2.45. The molecule has 0 bridgehead atoms. The van der Waals surface area contributed by atoms with Crippen LogP contribution in [0.2, 0.25) is 0 Å². The lowest BCUT2D eigenvalue weighted by atomic mass is 10.1. The van der Waals surface area contributed by atoms with Crippen LogP contribution in [0.25, 0.3) is 0 Å². The molecule has 2 N–H and O–H groups in total. The maximum Gasteiger partial charge on any atom is 0.336 e. The number of hydrogen-bond acceptors (Lipinski definition) is 4. The zero-order valence-corrected chi connectivity index (χ0v) is 12.5. The molecule has 0 aliphatic rings. The monoisotopic (exact) mass is 295 g/mol. The van der Waals surface area contributed by atoms with Crippen LogP contribution in [-0.2, 0) is 14.3 Å². The van der Waals surface area contributed by atoms with Gasteiger partial charge in [0.15, 0.2) is 0 Å². The van der Waals surface area contributed by atoms with E-state index in [1.165, 1.54) is 6.07 Å². The minimum atomic E-state index is -1.02. The van der Waals surface area contributed by atoms with Gasteiger partial charge in [0.2, 0.25) is 0 Å². The van der Waals surface area contributed by atoms with E-state index in [1.54, 1.807) is 26.0 Å². The van der Waals surface area contributed by atoms with Crippen LogP contribution in [0.1, 0.15) is 29.8 Å². The molecule has 1 amide bonds. The standard InChI is InChI=1S/C15H21NO5/c1-4-20-7-8-21-11(3)14(17)16-12-6-5-10(2)13(9-12)15(18)19/h5-6,9,11H,4,7-8H2,1-3H3,(H,16,17)(H,18,19). The summed E-state index contributed by atoms with van der Waals surface area (Å²) in [5, 5.41) is 11.7. The number of nitrogens with one attached hydrogen (secondary N) is 1. The molecule has 1 aromatic carbocycles. The summed E-state index contributed by atoms with van der Waals surface area (Å²) in [4.78, 5) is 23.0. The largest absolute Gasteiger partial charge is 0.478 e. The molecule has 6 nitrogen and oxygen atoms in total. The Hall–Kier alpha value is -1.92. The fraction of sp³-hybridized carbons (Fsp3) is 0.467. The molecule has 0 aliphatic carbocycles. The van der Waals surface area contributed by atoms with Crippen LogP contribution in [0.3, 0.4) is 0 Å². The highest BCUT2D eigenvalue weighted by atomic mass is 16.5. The molecule has 0 fully saturated rings. The van der Waals surface area contributed by atoms with Gasteiger partial charge in [0.1, 0.15) is 6.10 Å². The number of rotatable bonds is 8. The molecule has 0 aromatic heterocycles. The van der Waals surface area contributed by atoms with Crippen LogP contribution in [0, 0.1) is 6.92 Å². The normalized spacial score (nSPS) is 12.0. The summed E-state index contributed by atoms with van der Waals surface area (Å²) in [5.74, 6) is -1.35. The van der Waals surface area contributed by atoms with Crippen molar-refractivity contribution in [3.05, 3.63) is 29.3 Å². The van der Waals surface area contributed by atoms with Crippen molar-refractivity contribution in [2.45, 2.75) is 26.9 Å². The van der Waals surface area contributed by atoms with E-state index < -0.39 is 12.1 Å². The number of carboxylic acid groups (broad SMARTS) is 1. The van der Waals surface area contributed by atoms with Gasteiger partial charge in [-0.2, -0.15) is 0 Å². The van der Waals surface area contributed by atoms with Crippen LogP contribution < -0.4 is 5.32 Å². The molecule has 1 atom stereocenters. The van der Waals surface area contributed by atoms with Gasteiger partial charge < -0.3 is 19.9 Å². The maximum absolute atomic E-state index is 11.9. The number of benzene rings is 1. The highest BCUT2D eigenvalue weighted by molar-refractivity contribution is 5.96. The molecule has 1 rings (SSSR count). The number of anilines is 1. The first-order chi connectivity index (χ1) is 9.95. The molecule has 6 heteroatoms. The first-order valence-corrected chi connectivity index (χ1v) is 6.79. The number of ether oxygens (including phenoxy) is 2. The van der Waals surface area contributed by atoms with Gasteiger partial charge in [-0.25, -0.2) is 4.79 Å². The second kappa shape index (κ2) is 8.39. The smallest absolute Gasteiger partial charge is 0.336 e. The highest BCUT2D eigenvalue weighted by Gasteiger charge is 2.15. The first-order valence-electron chi connectivity index (χ1n) is 6.79. The van der Waals surface area contributed by atoms with Crippen LogP contribution in [0.15, 0.2) is 18.2 Å². The number of carbonyl (C=O) groups is 2. The third-order valence-corrected chi connectivity index (χ3v) is 2.90. The van der Waals surface area contributed by atoms with Crippen molar-refractivity contribution < 1.29 is 24.2 Å². The van der Waals surface area contributed by atoms with Crippen molar-refractivity contribution in [1.82, 2.24) is 0 Å². The minimum absolute atomic E-state index is 0.165. The molecule has 0 saturated carbocycles. The van der Waals surface area contributed by atoms with Gasteiger partial charge in [0, 0.05) is 12.3 Å². The van der Waals surface area contributed by atoms with E-state index in [0.29, 0.717) is 31.1 Å². The molecule has 1 unspecified atom stereocenters. The average molecular weight is 295 g/mol. The highest BCUT2D eigenvalue weighted by Crippen LogP contribution is 2.15. The summed E-state index contributed by atoms with van der Waals surface area (Å²) in [6, 6.07) is 4.74. The number of amides is 1. The SMILES string of the molecule is CCOCCOC(C)C(=O)Nc1ccc(C)c(C(=O)O)c1. The van der Waals surface area contributed by atoms with Crippen LogP contribution >= 0.6 is 0 Å². The fourth-order valence-corrected chi connectivity index (χ4v) is 1.68. The number of hydrogen-bond donors (Lipinski definition) is 2. The lowest BCUT2D eigenvalue weighted by Gasteiger charge is -2.14. The second-order valence-electron chi connectivity index (χ2n) is 4.53.